The van der Waals surface area contributed by atoms with Crippen molar-refractivity contribution in [2.75, 3.05) is 26.2 Å². The number of hydrogen-bond donors (Lipinski definition) is 5. The minimum atomic E-state index is -1.20. The van der Waals surface area contributed by atoms with Gasteiger partial charge in [0.25, 0.3) is 0 Å². The largest absolute Gasteiger partial charge is 0.366 e. The van der Waals surface area contributed by atoms with Crippen LogP contribution < -0.4 is 26.6 Å². The van der Waals surface area contributed by atoms with Crippen LogP contribution in [0.15, 0.2) is 72.9 Å². The molecule has 1 aromatic heterocycles. The van der Waals surface area contributed by atoms with Gasteiger partial charge in [-0.25, -0.2) is 4.39 Å². The molecule has 8 bridgehead atoms. The molecule has 1 fully saturated rings. The highest BCUT2D eigenvalue weighted by Crippen LogP contribution is 2.28. The second-order valence-corrected chi connectivity index (χ2v) is 18.6. The number of ether oxygens (including phenoxy) is 1. The molecular formula is C52H67FN8O7. The summed E-state index contributed by atoms with van der Waals surface area (Å²) in [4.78, 5) is 87.2. The van der Waals surface area contributed by atoms with Crippen LogP contribution in [0.1, 0.15) is 94.0 Å². The molecule has 364 valence electrons. The molecule has 7 rings (SSSR count). The predicted octanol–water partition coefficient (Wildman–Crippen LogP) is 4.21. The van der Waals surface area contributed by atoms with Gasteiger partial charge in [-0.2, -0.15) is 0 Å². The Kier molecular flexibility index (Phi) is 17.0. The van der Waals surface area contributed by atoms with E-state index in [0.717, 1.165) is 48.7 Å². The molecule has 0 radical (unpaired) electrons. The van der Waals surface area contributed by atoms with E-state index in [0.29, 0.717) is 49.1 Å². The first-order valence-electron chi connectivity index (χ1n) is 24.3. The van der Waals surface area contributed by atoms with E-state index >= 15 is 4.39 Å². The lowest BCUT2D eigenvalue weighted by Crippen LogP contribution is -2.58. The first-order chi connectivity index (χ1) is 32.8. The zero-order valence-electron chi connectivity index (χ0n) is 39.8. The molecule has 6 amide bonds. The topological polar surface area (TPSA) is 183 Å². The number of aryl methyl sites for hydroxylation is 2. The molecule has 1 saturated heterocycles. The van der Waals surface area contributed by atoms with E-state index in [1.165, 1.54) is 24.6 Å². The number of carbonyl (C=O) groups excluding carboxylic acids is 6. The number of nitrogens with zero attached hydrogens (tertiary/aromatic N) is 3. The van der Waals surface area contributed by atoms with Gasteiger partial charge in [-0.1, -0.05) is 68.3 Å². The third-order valence-electron chi connectivity index (χ3n) is 13.6. The third kappa shape index (κ3) is 12.9. The molecule has 3 aromatic carbocycles. The first kappa shape index (κ1) is 49.8. The molecule has 1 unspecified atom stereocenters. The SMILES string of the molecule is CCc1ccc(CN2CCCCCCn3cc(c4cc(F)ccc43)C[C@@H]3NC(=O)[C@H](Cc4cccc(c4)CNC(=O)CO[C@H]4CCN(C3=O)C4C)NC(=O)[C@@H](C)NC(=O)[C@H](C)NCCC2=O)cc1. The molecule has 3 aliphatic heterocycles. The molecule has 0 saturated carbocycles. The van der Waals surface area contributed by atoms with Gasteiger partial charge in [0.15, 0.2) is 0 Å². The van der Waals surface area contributed by atoms with Crippen LogP contribution in [0, 0.1) is 5.82 Å². The summed E-state index contributed by atoms with van der Waals surface area (Å²) in [5.41, 5.74) is 5.17. The Balaban J connectivity index is 1.20. The number of benzene rings is 3. The molecular weight excluding hydrogens is 868 g/mol. The van der Waals surface area contributed by atoms with Crippen molar-refractivity contribution in [2.24, 2.45) is 0 Å². The van der Waals surface area contributed by atoms with Crippen molar-refractivity contribution in [3.8, 4) is 0 Å². The molecule has 15 nitrogen and oxygen atoms in total. The highest BCUT2D eigenvalue weighted by Gasteiger charge is 2.39. The van der Waals surface area contributed by atoms with Crippen molar-refractivity contribution in [3.63, 3.8) is 0 Å². The van der Waals surface area contributed by atoms with Crippen molar-refractivity contribution in [3.05, 3.63) is 107 Å². The Hall–Kier alpha value is -6.13. The highest BCUT2D eigenvalue weighted by molar-refractivity contribution is 5.95. The summed E-state index contributed by atoms with van der Waals surface area (Å²) in [5.74, 6) is -2.87. The Labute approximate surface area is 398 Å². The molecule has 68 heavy (non-hydrogen) atoms. The fourth-order valence-electron chi connectivity index (χ4n) is 9.45. The van der Waals surface area contributed by atoms with E-state index in [1.54, 1.807) is 30.0 Å². The van der Waals surface area contributed by atoms with E-state index in [1.807, 2.05) is 30.2 Å². The Morgan fingerprint density at radius 3 is 2.24 bits per heavy atom. The number of fused-ring (bicyclic) bond motifs is 12. The maximum atomic E-state index is 15.1. The average molecular weight is 935 g/mol. The van der Waals surface area contributed by atoms with Crippen LogP contribution >= 0.6 is 0 Å². The quantitative estimate of drug-likeness (QED) is 0.203. The molecule has 16 heteroatoms. The van der Waals surface area contributed by atoms with E-state index < -0.39 is 59.9 Å². The minimum Gasteiger partial charge on any atom is -0.366 e. The molecule has 0 spiro atoms. The van der Waals surface area contributed by atoms with Gasteiger partial charge in [0.2, 0.25) is 35.4 Å². The zero-order chi connectivity index (χ0) is 48.3. The maximum Gasteiger partial charge on any atom is 0.246 e. The number of hydrogen-bond acceptors (Lipinski definition) is 8. The molecule has 3 aliphatic rings. The second kappa shape index (κ2) is 23.3. The van der Waals surface area contributed by atoms with Gasteiger partial charge < -0.3 is 45.7 Å². The zero-order valence-corrected chi connectivity index (χ0v) is 39.8. The van der Waals surface area contributed by atoms with Crippen LogP contribution in [-0.2, 0) is 72.4 Å². The fraction of sp³-hybridized carbons (Fsp3) is 0.500. The van der Waals surface area contributed by atoms with Gasteiger partial charge in [0.1, 0.15) is 30.5 Å². The molecule has 0 aliphatic carbocycles. The van der Waals surface area contributed by atoms with E-state index in [-0.39, 0.29) is 56.7 Å². The van der Waals surface area contributed by atoms with Crippen molar-refractivity contribution < 1.29 is 37.9 Å². The van der Waals surface area contributed by atoms with Crippen molar-refractivity contribution in [2.45, 2.75) is 141 Å². The van der Waals surface area contributed by atoms with E-state index in [2.05, 4.69) is 62.3 Å². The molecule has 5 N–H and O–H groups in total. The summed E-state index contributed by atoms with van der Waals surface area (Å²) in [6, 6.07) is 15.6. The summed E-state index contributed by atoms with van der Waals surface area (Å²) in [6.45, 7) is 9.38. The van der Waals surface area contributed by atoms with Gasteiger partial charge >= 0.3 is 0 Å². The number of aromatic nitrogens is 1. The lowest BCUT2D eigenvalue weighted by atomic mass is 10.00. The van der Waals surface area contributed by atoms with Gasteiger partial charge in [-0.3, -0.25) is 28.8 Å². The van der Waals surface area contributed by atoms with Gasteiger partial charge in [-0.05, 0) is 92.5 Å². The number of amides is 6. The Morgan fingerprint density at radius 1 is 0.735 bits per heavy atom. The average Bonchev–Trinajstić information content (AvgIpc) is 3.87. The van der Waals surface area contributed by atoms with Crippen LogP contribution in [0.3, 0.4) is 0 Å². The molecule has 6 atom stereocenters. The van der Waals surface area contributed by atoms with Gasteiger partial charge in [-0.15, -0.1) is 0 Å². The monoisotopic (exact) mass is 935 g/mol. The predicted molar refractivity (Wildman–Crippen MR) is 256 cm³/mol. The normalized spacial score (nSPS) is 24.9. The van der Waals surface area contributed by atoms with Crippen LogP contribution in [0.4, 0.5) is 4.39 Å². The fourth-order valence-corrected chi connectivity index (χ4v) is 9.45. The highest BCUT2D eigenvalue weighted by atomic mass is 19.1. The summed E-state index contributed by atoms with van der Waals surface area (Å²) in [7, 11) is 0. The number of carbonyl (C=O) groups is 6. The number of halogens is 1. The van der Waals surface area contributed by atoms with Crippen LogP contribution in [0.25, 0.3) is 10.9 Å². The van der Waals surface area contributed by atoms with E-state index in [9.17, 15) is 28.8 Å². The minimum absolute atomic E-state index is 0.0177. The third-order valence-corrected chi connectivity index (χ3v) is 13.6. The first-order valence-corrected chi connectivity index (χ1v) is 24.3. The molecule has 4 heterocycles. The van der Waals surface area contributed by atoms with Crippen LogP contribution in [0.5, 0.6) is 0 Å². The van der Waals surface area contributed by atoms with Crippen molar-refractivity contribution in [1.82, 2.24) is 41.0 Å². The summed E-state index contributed by atoms with van der Waals surface area (Å²) in [5, 5.41) is 15.3. The summed E-state index contributed by atoms with van der Waals surface area (Å²) >= 11 is 0. The van der Waals surface area contributed by atoms with Crippen LogP contribution in [0.2, 0.25) is 0 Å². The van der Waals surface area contributed by atoms with Crippen molar-refractivity contribution >= 4 is 46.3 Å². The summed E-state index contributed by atoms with van der Waals surface area (Å²) in [6.07, 6.45) is 6.45. The maximum absolute atomic E-state index is 15.1. The standard InChI is InChI=1S/C52H67FN8O7/c1-5-36-13-15-37(16-14-36)30-60-23-9-7-6-8-22-59-31-40(42-28-41(53)17-18-45(42)59)27-44-52(67)61-24-20-46(35(61)4)68-32-47(62)55-29-39-12-10-11-38(25-39)26-43(51(66)58-44)57-50(65)34(3)56-49(64)33(2)54-21-19-48(60)63/h10-18,25,28,31,33-35,43-44,46,54H,5-9,19-24,26-27,29-30,32H2,1-4H3,(H,55,62)(H,56,64)(H,57,65)(H,58,66)/t33-,34+,35?,43-,44-,46-/m0/s1. The lowest BCUT2D eigenvalue weighted by Gasteiger charge is -2.30. The Morgan fingerprint density at radius 2 is 1.46 bits per heavy atom. The van der Waals surface area contributed by atoms with Gasteiger partial charge in [0.05, 0.1) is 18.2 Å². The smallest absolute Gasteiger partial charge is 0.246 e. The second-order valence-electron chi connectivity index (χ2n) is 18.6. The Bertz CT molecular complexity index is 2440. The van der Waals surface area contributed by atoms with Crippen LogP contribution in [-0.4, -0.2) is 112 Å². The molecule has 4 aromatic rings. The number of nitrogens with one attached hydrogen (secondary N) is 5. The lowest BCUT2D eigenvalue weighted by molar-refractivity contribution is -0.139. The van der Waals surface area contributed by atoms with Gasteiger partial charge in [0, 0.05) is 75.6 Å². The number of rotatable bonds is 3. The summed E-state index contributed by atoms with van der Waals surface area (Å²) < 4.78 is 23.2. The van der Waals surface area contributed by atoms with Crippen molar-refractivity contribution in [1.29, 1.82) is 0 Å². The van der Waals surface area contributed by atoms with E-state index in [4.69, 9.17) is 4.74 Å².